The molecular formula is C13H17N3O4S. The third kappa shape index (κ3) is 3.29. The quantitative estimate of drug-likeness (QED) is 0.725. The summed E-state index contributed by atoms with van der Waals surface area (Å²) in [6.45, 7) is 2.49. The molecule has 7 nitrogen and oxygen atoms in total. The molecule has 2 heterocycles. The summed E-state index contributed by atoms with van der Waals surface area (Å²) in [5.41, 5.74) is 0.410. The minimum absolute atomic E-state index is 0.0790. The van der Waals surface area contributed by atoms with Crippen molar-refractivity contribution in [3.63, 3.8) is 0 Å². The SMILES string of the molecule is CCOC(=O)c1csc2ncnc(N(CCO)CCO)c12. The van der Waals surface area contributed by atoms with Gasteiger partial charge in [-0.2, -0.15) is 0 Å². The fourth-order valence-corrected chi connectivity index (χ4v) is 2.89. The maximum Gasteiger partial charge on any atom is 0.339 e. The average Bonchev–Trinajstić information content (AvgIpc) is 2.91. The van der Waals surface area contributed by atoms with Crippen molar-refractivity contribution in [1.82, 2.24) is 9.97 Å². The molecule has 21 heavy (non-hydrogen) atoms. The summed E-state index contributed by atoms with van der Waals surface area (Å²) < 4.78 is 5.04. The molecule has 0 fully saturated rings. The molecule has 0 aliphatic rings. The van der Waals surface area contributed by atoms with Gasteiger partial charge in [-0.05, 0) is 6.92 Å². The van der Waals surface area contributed by atoms with E-state index in [9.17, 15) is 4.79 Å². The topological polar surface area (TPSA) is 95.8 Å². The first-order chi connectivity index (χ1) is 10.2. The van der Waals surface area contributed by atoms with Crippen LogP contribution in [0.5, 0.6) is 0 Å². The van der Waals surface area contributed by atoms with Gasteiger partial charge in [0.25, 0.3) is 0 Å². The van der Waals surface area contributed by atoms with Crippen molar-refractivity contribution in [1.29, 1.82) is 0 Å². The van der Waals surface area contributed by atoms with Crippen molar-refractivity contribution in [2.75, 3.05) is 37.8 Å². The van der Waals surface area contributed by atoms with Crippen LogP contribution >= 0.6 is 11.3 Å². The number of aliphatic hydroxyl groups excluding tert-OH is 2. The van der Waals surface area contributed by atoms with Crippen LogP contribution in [0.3, 0.4) is 0 Å². The van der Waals surface area contributed by atoms with Crippen molar-refractivity contribution in [2.24, 2.45) is 0 Å². The molecule has 0 radical (unpaired) electrons. The number of thiophene rings is 1. The molecule has 114 valence electrons. The van der Waals surface area contributed by atoms with Gasteiger partial charge in [-0.3, -0.25) is 0 Å². The maximum atomic E-state index is 12.0. The van der Waals surface area contributed by atoms with Gasteiger partial charge in [-0.15, -0.1) is 11.3 Å². The number of anilines is 1. The third-order valence-electron chi connectivity index (χ3n) is 2.88. The van der Waals surface area contributed by atoms with E-state index in [1.165, 1.54) is 17.7 Å². The number of fused-ring (bicyclic) bond motifs is 1. The van der Waals surface area contributed by atoms with E-state index in [0.29, 0.717) is 34.7 Å². The number of rotatable bonds is 7. The maximum absolute atomic E-state index is 12.0. The molecule has 8 heteroatoms. The standard InChI is InChI=1S/C13H17N3O4S/c1-2-20-13(19)9-7-21-12-10(9)11(14-8-15-12)16(3-5-17)4-6-18/h7-8,17-18H,2-6H2,1H3. The molecule has 0 spiro atoms. The van der Waals surface area contributed by atoms with E-state index in [2.05, 4.69) is 9.97 Å². The highest BCUT2D eigenvalue weighted by molar-refractivity contribution is 7.17. The zero-order chi connectivity index (χ0) is 15.2. The van der Waals surface area contributed by atoms with E-state index in [4.69, 9.17) is 14.9 Å². The Labute approximate surface area is 125 Å². The smallest absolute Gasteiger partial charge is 0.339 e. The van der Waals surface area contributed by atoms with Crippen LogP contribution in [0.25, 0.3) is 10.2 Å². The predicted octanol–water partition coefficient (Wildman–Crippen LogP) is 0.659. The molecule has 2 aromatic heterocycles. The van der Waals surface area contributed by atoms with E-state index in [0.717, 1.165) is 0 Å². The van der Waals surface area contributed by atoms with Crippen molar-refractivity contribution >= 4 is 33.3 Å². The first-order valence-electron chi connectivity index (χ1n) is 6.58. The van der Waals surface area contributed by atoms with Crippen molar-refractivity contribution in [3.8, 4) is 0 Å². The van der Waals surface area contributed by atoms with Crippen LogP contribution in [0.2, 0.25) is 0 Å². The number of nitrogens with zero attached hydrogens (tertiary/aromatic N) is 3. The molecular weight excluding hydrogens is 294 g/mol. The molecule has 0 saturated carbocycles. The number of ether oxygens (including phenoxy) is 1. The van der Waals surface area contributed by atoms with Gasteiger partial charge in [-0.25, -0.2) is 14.8 Å². The second-order valence-electron chi connectivity index (χ2n) is 4.18. The molecule has 2 aromatic rings. The second-order valence-corrected chi connectivity index (χ2v) is 5.04. The van der Waals surface area contributed by atoms with E-state index in [-0.39, 0.29) is 19.8 Å². The Morgan fingerprint density at radius 1 is 1.33 bits per heavy atom. The molecule has 0 amide bonds. The number of hydrogen-bond donors (Lipinski definition) is 2. The number of carbonyl (C=O) groups excluding carboxylic acids is 1. The molecule has 0 bridgehead atoms. The first kappa shape index (κ1) is 15.6. The highest BCUT2D eigenvalue weighted by Gasteiger charge is 2.21. The Bertz CT molecular complexity index is 610. The fourth-order valence-electron chi connectivity index (χ4n) is 2.02. The molecule has 0 aliphatic carbocycles. The molecule has 0 aliphatic heterocycles. The Morgan fingerprint density at radius 3 is 2.67 bits per heavy atom. The zero-order valence-corrected chi connectivity index (χ0v) is 12.5. The lowest BCUT2D eigenvalue weighted by molar-refractivity contribution is 0.0529. The summed E-state index contributed by atoms with van der Waals surface area (Å²) in [4.78, 5) is 22.8. The van der Waals surface area contributed by atoms with Crippen LogP contribution < -0.4 is 4.90 Å². The van der Waals surface area contributed by atoms with Gasteiger partial charge in [0.1, 0.15) is 17.0 Å². The number of aliphatic hydroxyl groups is 2. The van der Waals surface area contributed by atoms with Crippen LogP contribution in [-0.2, 0) is 4.74 Å². The zero-order valence-electron chi connectivity index (χ0n) is 11.7. The molecule has 2 rings (SSSR count). The fraction of sp³-hybridized carbons (Fsp3) is 0.462. The molecule has 0 atom stereocenters. The largest absolute Gasteiger partial charge is 0.462 e. The summed E-state index contributed by atoms with van der Waals surface area (Å²) in [6.07, 6.45) is 1.41. The summed E-state index contributed by atoms with van der Waals surface area (Å²) >= 11 is 1.33. The Balaban J connectivity index is 2.51. The lowest BCUT2D eigenvalue weighted by Gasteiger charge is -2.22. The summed E-state index contributed by atoms with van der Waals surface area (Å²) in [7, 11) is 0. The minimum atomic E-state index is -0.423. The van der Waals surface area contributed by atoms with Gasteiger partial charge < -0.3 is 19.8 Å². The molecule has 0 unspecified atom stereocenters. The molecule has 0 saturated heterocycles. The lowest BCUT2D eigenvalue weighted by atomic mass is 10.2. The summed E-state index contributed by atoms with van der Waals surface area (Å²) in [5.74, 6) is 0.0974. The molecule has 2 N–H and O–H groups in total. The highest BCUT2D eigenvalue weighted by atomic mass is 32.1. The summed E-state index contributed by atoms with van der Waals surface area (Å²) in [6, 6.07) is 0. The number of carbonyl (C=O) groups is 1. The molecule has 0 aromatic carbocycles. The Kier molecular flexibility index (Phi) is 5.43. The van der Waals surface area contributed by atoms with Gasteiger partial charge in [-0.1, -0.05) is 0 Å². The van der Waals surface area contributed by atoms with Gasteiger partial charge in [0.05, 0.1) is 30.8 Å². The van der Waals surface area contributed by atoms with E-state index >= 15 is 0 Å². The van der Waals surface area contributed by atoms with Crippen molar-refractivity contribution < 1.29 is 19.7 Å². The number of aromatic nitrogens is 2. The van der Waals surface area contributed by atoms with Gasteiger partial charge >= 0.3 is 5.97 Å². The van der Waals surface area contributed by atoms with Crippen LogP contribution in [0, 0.1) is 0 Å². The Hall–Kier alpha value is -1.77. The van der Waals surface area contributed by atoms with Crippen molar-refractivity contribution in [3.05, 3.63) is 17.3 Å². The third-order valence-corrected chi connectivity index (χ3v) is 3.77. The van der Waals surface area contributed by atoms with E-state index < -0.39 is 5.97 Å². The van der Waals surface area contributed by atoms with Crippen LogP contribution in [0.15, 0.2) is 11.7 Å². The number of esters is 1. The summed E-state index contributed by atoms with van der Waals surface area (Å²) in [5, 5.41) is 20.6. The predicted molar refractivity (Wildman–Crippen MR) is 79.8 cm³/mol. The van der Waals surface area contributed by atoms with Crippen LogP contribution in [0.4, 0.5) is 5.82 Å². The van der Waals surface area contributed by atoms with E-state index in [1.807, 2.05) is 0 Å². The highest BCUT2D eigenvalue weighted by Crippen LogP contribution is 2.31. The van der Waals surface area contributed by atoms with Gasteiger partial charge in [0.2, 0.25) is 0 Å². The average molecular weight is 311 g/mol. The van der Waals surface area contributed by atoms with Gasteiger partial charge in [0.15, 0.2) is 0 Å². The van der Waals surface area contributed by atoms with Crippen molar-refractivity contribution in [2.45, 2.75) is 6.92 Å². The van der Waals surface area contributed by atoms with Crippen LogP contribution in [-0.4, -0.2) is 59.1 Å². The second kappa shape index (κ2) is 7.30. The lowest BCUT2D eigenvalue weighted by Crippen LogP contribution is -2.30. The van der Waals surface area contributed by atoms with Gasteiger partial charge in [0, 0.05) is 18.5 Å². The Morgan fingerprint density at radius 2 is 2.05 bits per heavy atom. The van der Waals surface area contributed by atoms with E-state index in [1.54, 1.807) is 17.2 Å². The normalized spacial score (nSPS) is 10.8. The first-order valence-corrected chi connectivity index (χ1v) is 7.46. The number of hydrogen-bond acceptors (Lipinski definition) is 8. The minimum Gasteiger partial charge on any atom is -0.462 e. The monoisotopic (exact) mass is 311 g/mol. The van der Waals surface area contributed by atoms with Crippen LogP contribution in [0.1, 0.15) is 17.3 Å².